The van der Waals surface area contributed by atoms with Gasteiger partial charge in [-0.1, -0.05) is 13.8 Å². The quantitative estimate of drug-likeness (QED) is 0.556. The van der Waals surface area contributed by atoms with Crippen LogP contribution in [0.2, 0.25) is 0 Å². The maximum atomic E-state index is 11.6. The number of likely N-dealkylation sites (tertiary alicyclic amines) is 1. The van der Waals surface area contributed by atoms with E-state index in [9.17, 15) is 5.11 Å². The van der Waals surface area contributed by atoms with Crippen LogP contribution in [0.25, 0.3) is 0 Å². The van der Waals surface area contributed by atoms with Crippen molar-refractivity contribution in [3.05, 3.63) is 0 Å². The molecule has 1 N–H and O–H groups in total. The third kappa shape index (κ3) is 2.26. The molecule has 27 heavy (non-hydrogen) atoms. The van der Waals surface area contributed by atoms with Crippen LogP contribution in [0.15, 0.2) is 0 Å². The van der Waals surface area contributed by atoms with Crippen molar-refractivity contribution in [3.8, 4) is 0 Å². The first kappa shape index (κ1) is 17.7. The van der Waals surface area contributed by atoms with Gasteiger partial charge in [-0.3, -0.25) is 0 Å². The number of nitrogens with zero attached hydrogens (tertiary/aromatic N) is 1. The van der Waals surface area contributed by atoms with Gasteiger partial charge >= 0.3 is 0 Å². The van der Waals surface area contributed by atoms with Gasteiger partial charge in [-0.15, -0.1) is 0 Å². The Morgan fingerprint density at radius 2 is 1.70 bits per heavy atom. The molecule has 0 aromatic carbocycles. The molecule has 3 nitrogen and oxygen atoms in total. The smallest absolute Gasteiger partial charge is 0.116 e. The molecule has 0 bridgehead atoms. The molecule has 0 spiro atoms. The van der Waals surface area contributed by atoms with Gasteiger partial charge in [0, 0.05) is 24.7 Å². The molecule has 6 fully saturated rings. The van der Waals surface area contributed by atoms with Crippen molar-refractivity contribution in [2.75, 3.05) is 20.1 Å². The van der Waals surface area contributed by atoms with Gasteiger partial charge in [-0.05, 0) is 67.6 Å². The standard InChI is InChI=1S/C24H40NO2/c1-23-9-8-17-16(7-6-15-12-20-21(27-20)14-24(15,17)2)18(23)13-19(22(23)26)25(3)10-4-5-11-25/h15-22,26H,4-14H2,1-3H3/q+1/t15-,16?,17?,18?,19-,20+,21-,22+,23-,24-/m0/s1. The summed E-state index contributed by atoms with van der Waals surface area (Å²) >= 11 is 0. The Balaban J connectivity index is 1.31. The summed E-state index contributed by atoms with van der Waals surface area (Å²) in [4.78, 5) is 0. The van der Waals surface area contributed by atoms with Crippen LogP contribution in [0.1, 0.15) is 71.6 Å². The molecule has 2 heterocycles. The van der Waals surface area contributed by atoms with Crippen LogP contribution < -0.4 is 0 Å². The van der Waals surface area contributed by atoms with Crippen molar-refractivity contribution in [3.63, 3.8) is 0 Å². The Bertz CT molecular complexity index is 630. The maximum Gasteiger partial charge on any atom is 0.116 e. The highest BCUT2D eigenvalue weighted by atomic mass is 16.6. The first-order valence-electron chi connectivity index (χ1n) is 12.0. The Labute approximate surface area is 165 Å². The molecule has 3 unspecified atom stereocenters. The monoisotopic (exact) mass is 374 g/mol. The van der Waals surface area contributed by atoms with E-state index in [1.165, 1.54) is 70.9 Å². The van der Waals surface area contributed by atoms with Crippen LogP contribution in [0.3, 0.4) is 0 Å². The van der Waals surface area contributed by atoms with E-state index >= 15 is 0 Å². The number of aliphatic hydroxyl groups is 1. The summed E-state index contributed by atoms with van der Waals surface area (Å²) < 4.78 is 7.15. The van der Waals surface area contributed by atoms with Gasteiger partial charge in [0.1, 0.15) is 12.1 Å². The van der Waals surface area contributed by atoms with Crippen molar-refractivity contribution < 1.29 is 14.3 Å². The van der Waals surface area contributed by atoms with Gasteiger partial charge in [-0.2, -0.15) is 0 Å². The second-order valence-electron chi connectivity index (χ2n) is 12.2. The van der Waals surface area contributed by atoms with E-state index in [1.54, 1.807) is 0 Å². The minimum Gasteiger partial charge on any atom is -0.386 e. The molecule has 152 valence electrons. The largest absolute Gasteiger partial charge is 0.386 e. The van der Waals surface area contributed by atoms with E-state index < -0.39 is 0 Å². The number of aliphatic hydroxyl groups excluding tert-OH is 1. The van der Waals surface area contributed by atoms with E-state index in [1.807, 2.05) is 0 Å². The number of hydrogen-bond donors (Lipinski definition) is 1. The molecule has 6 aliphatic rings. The number of quaternary nitrogens is 1. The fourth-order valence-electron chi connectivity index (χ4n) is 9.49. The average molecular weight is 375 g/mol. The number of rotatable bonds is 1. The molecule has 2 saturated heterocycles. The number of hydrogen-bond acceptors (Lipinski definition) is 2. The lowest BCUT2D eigenvalue weighted by molar-refractivity contribution is -0.925. The van der Waals surface area contributed by atoms with E-state index in [-0.39, 0.29) is 11.5 Å². The number of epoxide rings is 1. The van der Waals surface area contributed by atoms with E-state index in [0.29, 0.717) is 23.7 Å². The van der Waals surface area contributed by atoms with E-state index in [0.717, 1.165) is 28.2 Å². The molecular weight excluding hydrogens is 334 g/mol. The molecule has 0 aromatic heterocycles. The van der Waals surface area contributed by atoms with Crippen LogP contribution in [0.5, 0.6) is 0 Å². The maximum absolute atomic E-state index is 11.6. The molecule has 3 heteroatoms. The summed E-state index contributed by atoms with van der Waals surface area (Å²) in [6.07, 6.45) is 13.3. The van der Waals surface area contributed by atoms with Crippen molar-refractivity contribution in [2.24, 2.45) is 34.5 Å². The fourth-order valence-corrected chi connectivity index (χ4v) is 9.49. The minimum absolute atomic E-state index is 0.0837. The number of fused-ring (bicyclic) bond motifs is 6. The zero-order chi connectivity index (χ0) is 18.6. The van der Waals surface area contributed by atoms with Gasteiger partial charge in [0.15, 0.2) is 0 Å². The third-order valence-corrected chi connectivity index (χ3v) is 11.3. The molecule has 0 aromatic rings. The molecule has 4 aliphatic carbocycles. The molecule has 2 aliphatic heterocycles. The zero-order valence-electron chi connectivity index (χ0n) is 17.7. The van der Waals surface area contributed by atoms with Crippen molar-refractivity contribution in [1.29, 1.82) is 0 Å². The second-order valence-corrected chi connectivity index (χ2v) is 12.2. The summed E-state index contributed by atoms with van der Waals surface area (Å²) in [5.74, 6) is 3.39. The van der Waals surface area contributed by atoms with Crippen LogP contribution in [-0.2, 0) is 4.74 Å². The van der Waals surface area contributed by atoms with Gasteiger partial charge in [0.25, 0.3) is 0 Å². The second kappa shape index (κ2) is 5.52. The molecular formula is C24H40NO2+. The van der Waals surface area contributed by atoms with E-state index in [4.69, 9.17) is 4.74 Å². The van der Waals surface area contributed by atoms with Gasteiger partial charge < -0.3 is 14.3 Å². The molecule has 6 rings (SSSR count). The highest BCUT2D eigenvalue weighted by Gasteiger charge is 2.67. The van der Waals surface area contributed by atoms with E-state index in [2.05, 4.69) is 20.9 Å². The minimum atomic E-state index is -0.0837. The van der Waals surface area contributed by atoms with Crippen LogP contribution >= 0.6 is 0 Å². The first-order valence-corrected chi connectivity index (χ1v) is 12.0. The fraction of sp³-hybridized carbons (Fsp3) is 1.00. The Hall–Kier alpha value is -0.120. The topological polar surface area (TPSA) is 32.8 Å². The zero-order valence-corrected chi connectivity index (χ0v) is 17.7. The lowest BCUT2D eigenvalue weighted by Crippen LogP contribution is -2.56. The first-order chi connectivity index (χ1) is 12.9. The predicted octanol–water partition coefficient (Wildman–Crippen LogP) is 3.99. The van der Waals surface area contributed by atoms with Crippen LogP contribution in [0, 0.1) is 34.5 Å². The lowest BCUT2D eigenvalue weighted by atomic mass is 9.45. The summed E-state index contributed by atoms with van der Waals surface area (Å²) in [5.41, 5.74) is 0.684. The SMILES string of the molecule is C[C@]12CCC3C(CC[C@H]4C[C@H]5O[C@H]5C[C@]34C)C1C[C@H]([N+]1(C)CCCC1)[C@H]2O. The number of likely N-dealkylation sites (N-methyl/N-ethyl adjacent to an activating group) is 1. The Morgan fingerprint density at radius 1 is 0.926 bits per heavy atom. The summed E-state index contributed by atoms with van der Waals surface area (Å²) in [5, 5.41) is 11.6. The molecule has 10 atom stereocenters. The number of ether oxygens (including phenoxy) is 1. The Morgan fingerprint density at radius 3 is 2.48 bits per heavy atom. The van der Waals surface area contributed by atoms with Crippen molar-refractivity contribution >= 4 is 0 Å². The van der Waals surface area contributed by atoms with Gasteiger partial charge in [0.2, 0.25) is 0 Å². The predicted molar refractivity (Wildman–Crippen MR) is 106 cm³/mol. The van der Waals surface area contributed by atoms with Gasteiger partial charge in [0.05, 0.1) is 32.3 Å². The Kier molecular flexibility index (Phi) is 3.62. The van der Waals surface area contributed by atoms with Crippen LogP contribution in [-0.4, -0.2) is 54.1 Å². The lowest BCUT2D eigenvalue weighted by Gasteiger charge is -2.59. The van der Waals surface area contributed by atoms with Crippen molar-refractivity contribution in [1.82, 2.24) is 0 Å². The average Bonchev–Trinajstić information content (AvgIpc) is 3.12. The van der Waals surface area contributed by atoms with Crippen LogP contribution in [0.4, 0.5) is 0 Å². The highest BCUT2D eigenvalue weighted by Crippen LogP contribution is 2.68. The molecule has 0 radical (unpaired) electrons. The summed E-state index contributed by atoms with van der Waals surface area (Å²) in [6.45, 7) is 7.68. The summed E-state index contributed by atoms with van der Waals surface area (Å²) in [7, 11) is 2.45. The normalized spacial score (nSPS) is 60.9. The summed E-state index contributed by atoms with van der Waals surface area (Å²) in [6, 6.07) is 0.495. The van der Waals surface area contributed by atoms with Crippen molar-refractivity contribution in [2.45, 2.75) is 96.0 Å². The molecule has 4 saturated carbocycles. The van der Waals surface area contributed by atoms with Gasteiger partial charge in [-0.25, -0.2) is 0 Å². The third-order valence-electron chi connectivity index (χ3n) is 11.3. The highest BCUT2D eigenvalue weighted by molar-refractivity contribution is 5.14. The molecule has 0 amide bonds.